The van der Waals surface area contributed by atoms with Crippen molar-refractivity contribution in [3.05, 3.63) is 29.3 Å². The molecule has 1 aromatic carbocycles. The van der Waals surface area contributed by atoms with Crippen molar-refractivity contribution in [1.29, 1.82) is 0 Å². The van der Waals surface area contributed by atoms with E-state index in [0.29, 0.717) is 12.2 Å². The molecule has 5 nitrogen and oxygen atoms in total. The third-order valence-corrected chi connectivity index (χ3v) is 3.88. The van der Waals surface area contributed by atoms with Gasteiger partial charge in [-0.15, -0.1) is 0 Å². The molecule has 1 saturated heterocycles. The fraction of sp³-hybridized carbons (Fsp3) is 0.467. The van der Waals surface area contributed by atoms with Gasteiger partial charge in [0.2, 0.25) is 0 Å². The minimum absolute atomic E-state index is 0.264. The number of carbonyl (C=O) groups excluding carboxylic acids is 2. The van der Waals surface area contributed by atoms with E-state index in [1.165, 1.54) is 0 Å². The maximum Gasteiger partial charge on any atom is 0.327 e. The van der Waals surface area contributed by atoms with Gasteiger partial charge in [-0.2, -0.15) is 0 Å². The van der Waals surface area contributed by atoms with Crippen molar-refractivity contribution in [3.8, 4) is 5.75 Å². The minimum atomic E-state index is -1.26. The van der Waals surface area contributed by atoms with Gasteiger partial charge in [0.25, 0.3) is 5.79 Å². The zero-order valence-electron chi connectivity index (χ0n) is 11.7. The SMILES string of the molecule is COc1cccc2c1CC1(C2)C(=O)OC(C)(C)OC1=O. The Morgan fingerprint density at radius 2 is 1.75 bits per heavy atom. The molecule has 1 aromatic rings. The summed E-state index contributed by atoms with van der Waals surface area (Å²) in [5, 5.41) is 0. The Labute approximate surface area is 116 Å². The number of hydrogen-bond donors (Lipinski definition) is 0. The normalized spacial score (nSPS) is 22.1. The van der Waals surface area contributed by atoms with Crippen LogP contribution in [-0.4, -0.2) is 24.8 Å². The second-order valence-corrected chi connectivity index (χ2v) is 5.71. The van der Waals surface area contributed by atoms with Crippen LogP contribution >= 0.6 is 0 Å². The van der Waals surface area contributed by atoms with E-state index in [-0.39, 0.29) is 6.42 Å². The lowest BCUT2D eigenvalue weighted by Crippen LogP contribution is -2.54. The zero-order chi connectivity index (χ0) is 14.5. The van der Waals surface area contributed by atoms with Crippen LogP contribution in [-0.2, 0) is 31.9 Å². The number of carbonyl (C=O) groups is 2. The van der Waals surface area contributed by atoms with Crippen molar-refractivity contribution in [2.75, 3.05) is 7.11 Å². The summed E-state index contributed by atoms with van der Waals surface area (Å²) in [6.07, 6.45) is 0.563. The fourth-order valence-electron chi connectivity index (χ4n) is 2.89. The molecule has 1 fully saturated rings. The van der Waals surface area contributed by atoms with Crippen LogP contribution in [0.25, 0.3) is 0 Å². The van der Waals surface area contributed by atoms with Gasteiger partial charge < -0.3 is 14.2 Å². The molecule has 5 heteroatoms. The Kier molecular flexibility index (Phi) is 2.58. The summed E-state index contributed by atoms with van der Waals surface area (Å²) in [6, 6.07) is 5.56. The number of fused-ring (bicyclic) bond motifs is 1. The van der Waals surface area contributed by atoms with Crippen LogP contribution in [0.1, 0.15) is 25.0 Å². The highest BCUT2D eigenvalue weighted by molar-refractivity contribution is 6.03. The Morgan fingerprint density at radius 1 is 1.10 bits per heavy atom. The van der Waals surface area contributed by atoms with Crippen molar-refractivity contribution in [1.82, 2.24) is 0 Å². The van der Waals surface area contributed by atoms with Gasteiger partial charge in [-0.25, -0.2) is 0 Å². The lowest BCUT2D eigenvalue weighted by molar-refractivity contribution is -0.250. The molecule has 0 saturated carbocycles. The highest BCUT2D eigenvalue weighted by Crippen LogP contribution is 2.46. The molecule has 1 aliphatic heterocycles. The first-order chi connectivity index (χ1) is 9.38. The Hall–Kier alpha value is -2.04. The molecule has 0 atom stereocenters. The van der Waals surface area contributed by atoms with Gasteiger partial charge in [0.05, 0.1) is 7.11 Å². The number of esters is 2. The van der Waals surface area contributed by atoms with E-state index in [1.807, 2.05) is 18.2 Å². The molecule has 0 amide bonds. The van der Waals surface area contributed by atoms with Crippen molar-refractivity contribution in [2.45, 2.75) is 32.5 Å². The first kappa shape index (κ1) is 13.0. The van der Waals surface area contributed by atoms with Gasteiger partial charge in [-0.1, -0.05) is 12.1 Å². The summed E-state index contributed by atoms with van der Waals surface area (Å²) in [6.45, 7) is 3.11. The molecule has 20 heavy (non-hydrogen) atoms. The van der Waals surface area contributed by atoms with Crippen molar-refractivity contribution in [3.63, 3.8) is 0 Å². The van der Waals surface area contributed by atoms with E-state index in [1.54, 1.807) is 21.0 Å². The highest BCUT2D eigenvalue weighted by atomic mass is 16.7. The van der Waals surface area contributed by atoms with E-state index in [0.717, 1.165) is 11.1 Å². The number of cyclic esters (lactones) is 2. The quantitative estimate of drug-likeness (QED) is 0.576. The van der Waals surface area contributed by atoms with Crippen LogP contribution in [0, 0.1) is 5.41 Å². The van der Waals surface area contributed by atoms with E-state index in [4.69, 9.17) is 14.2 Å². The van der Waals surface area contributed by atoms with Gasteiger partial charge in [-0.05, 0) is 23.6 Å². The number of methoxy groups -OCH3 is 1. The first-order valence-corrected chi connectivity index (χ1v) is 6.50. The Balaban J connectivity index is 2.01. The summed E-state index contributed by atoms with van der Waals surface area (Å²) in [4.78, 5) is 24.7. The average molecular weight is 276 g/mol. The molecule has 1 heterocycles. The van der Waals surface area contributed by atoms with Crippen molar-refractivity contribution >= 4 is 11.9 Å². The molecule has 106 valence electrons. The zero-order valence-corrected chi connectivity index (χ0v) is 11.7. The van der Waals surface area contributed by atoms with Gasteiger partial charge in [0.1, 0.15) is 5.75 Å². The molecule has 0 unspecified atom stereocenters. The van der Waals surface area contributed by atoms with Gasteiger partial charge in [0, 0.05) is 20.3 Å². The monoisotopic (exact) mass is 276 g/mol. The maximum atomic E-state index is 12.3. The summed E-state index contributed by atoms with van der Waals surface area (Å²) >= 11 is 0. The fourth-order valence-corrected chi connectivity index (χ4v) is 2.89. The molecular formula is C15H16O5. The summed E-state index contributed by atoms with van der Waals surface area (Å²) in [7, 11) is 1.57. The van der Waals surface area contributed by atoms with E-state index < -0.39 is 23.1 Å². The van der Waals surface area contributed by atoms with Crippen molar-refractivity contribution in [2.24, 2.45) is 5.41 Å². The molecule has 1 aliphatic carbocycles. The molecule has 0 N–H and O–H groups in total. The first-order valence-electron chi connectivity index (χ1n) is 6.50. The molecule has 3 rings (SSSR count). The Morgan fingerprint density at radius 3 is 2.35 bits per heavy atom. The van der Waals surface area contributed by atoms with Gasteiger partial charge >= 0.3 is 11.9 Å². The summed E-state index contributed by atoms with van der Waals surface area (Å²) in [5.41, 5.74) is 0.550. The highest BCUT2D eigenvalue weighted by Gasteiger charge is 2.59. The number of benzene rings is 1. The average Bonchev–Trinajstić information content (AvgIpc) is 2.76. The van der Waals surface area contributed by atoms with E-state index >= 15 is 0 Å². The largest absolute Gasteiger partial charge is 0.496 e. The predicted molar refractivity (Wildman–Crippen MR) is 69.1 cm³/mol. The van der Waals surface area contributed by atoms with Crippen LogP contribution < -0.4 is 4.74 Å². The maximum absolute atomic E-state index is 12.3. The topological polar surface area (TPSA) is 61.8 Å². The lowest BCUT2D eigenvalue weighted by atomic mass is 9.83. The number of rotatable bonds is 1. The van der Waals surface area contributed by atoms with E-state index in [9.17, 15) is 9.59 Å². The molecule has 1 spiro atoms. The predicted octanol–water partition coefficient (Wildman–Crippen LogP) is 1.62. The third kappa shape index (κ3) is 1.69. The lowest BCUT2D eigenvalue weighted by Gasteiger charge is -2.38. The second kappa shape index (κ2) is 3.98. The molecule has 0 bridgehead atoms. The molecule has 0 aromatic heterocycles. The summed E-state index contributed by atoms with van der Waals surface area (Å²) < 4.78 is 15.8. The third-order valence-electron chi connectivity index (χ3n) is 3.88. The molecule has 0 radical (unpaired) electrons. The molecular weight excluding hydrogens is 260 g/mol. The van der Waals surface area contributed by atoms with Crippen LogP contribution in [0.3, 0.4) is 0 Å². The van der Waals surface area contributed by atoms with Crippen LogP contribution in [0.5, 0.6) is 5.75 Å². The number of ether oxygens (including phenoxy) is 3. The molecule has 2 aliphatic rings. The standard InChI is InChI=1S/C15H16O5/c1-14(2)19-12(16)15(13(17)20-14)7-9-5-4-6-11(18-3)10(9)8-15/h4-6H,7-8H2,1-3H3. The van der Waals surface area contributed by atoms with Crippen LogP contribution in [0.2, 0.25) is 0 Å². The minimum Gasteiger partial charge on any atom is -0.496 e. The Bertz CT molecular complexity index is 582. The van der Waals surface area contributed by atoms with E-state index in [2.05, 4.69) is 0 Å². The second-order valence-electron chi connectivity index (χ2n) is 5.71. The van der Waals surface area contributed by atoms with Crippen LogP contribution in [0.15, 0.2) is 18.2 Å². The van der Waals surface area contributed by atoms with Crippen LogP contribution in [0.4, 0.5) is 0 Å². The van der Waals surface area contributed by atoms with Gasteiger partial charge in [-0.3, -0.25) is 9.59 Å². The number of hydrogen-bond acceptors (Lipinski definition) is 5. The van der Waals surface area contributed by atoms with Gasteiger partial charge in [0.15, 0.2) is 5.41 Å². The smallest absolute Gasteiger partial charge is 0.327 e. The van der Waals surface area contributed by atoms with Crippen molar-refractivity contribution < 1.29 is 23.8 Å². The summed E-state index contributed by atoms with van der Waals surface area (Å²) in [5.74, 6) is -1.54.